The summed E-state index contributed by atoms with van der Waals surface area (Å²) in [6.07, 6.45) is 12.5. The third kappa shape index (κ3) is 3.43. The third-order valence-electron chi connectivity index (χ3n) is 4.91. The highest BCUT2D eigenvalue weighted by Crippen LogP contribution is 2.29. The molecule has 0 radical (unpaired) electrons. The molecule has 0 bridgehead atoms. The number of rotatable bonds is 4. The van der Waals surface area contributed by atoms with E-state index in [0.717, 1.165) is 22.9 Å². The minimum absolute atomic E-state index is 0.525. The molecule has 1 fully saturated rings. The maximum absolute atomic E-state index is 4.80. The number of fused-ring (bicyclic) bond motifs is 1. The first-order valence-corrected chi connectivity index (χ1v) is 9.14. The topological polar surface area (TPSA) is 42.2 Å². The highest BCUT2D eigenvalue weighted by Gasteiger charge is 2.19. The lowest BCUT2D eigenvalue weighted by Gasteiger charge is -2.24. The average Bonchev–Trinajstić information content (AvgIpc) is 3.02. The lowest BCUT2D eigenvalue weighted by Crippen LogP contribution is -2.23. The van der Waals surface area contributed by atoms with E-state index in [1.807, 2.05) is 18.3 Å². The van der Waals surface area contributed by atoms with Crippen LogP contribution < -0.4 is 5.32 Å². The van der Waals surface area contributed by atoms with Gasteiger partial charge in [0.05, 0.1) is 0 Å². The zero-order valence-corrected chi connectivity index (χ0v) is 14.7. The molecule has 25 heavy (non-hydrogen) atoms. The second-order valence-corrected chi connectivity index (χ2v) is 6.82. The standard InChI is InChI=1S/C21H24N4/c1-16(15-17-9-4-2-5-10-17)19-20(23-18-11-6-3-7-12-18)25-14-8-13-22-21(25)24-19/h2,4-5,8-10,13-15,18,23H,3,6-7,11-12H2,1H3/b16-15+. The Bertz CT molecular complexity index is 873. The van der Waals surface area contributed by atoms with E-state index in [9.17, 15) is 0 Å². The molecule has 2 heterocycles. The van der Waals surface area contributed by atoms with Gasteiger partial charge < -0.3 is 5.32 Å². The first kappa shape index (κ1) is 15.9. The third-order valence-corrected chi connectivity index (χ3v) is 4.91. The summed E-state index contributed by atoms with van der Waals surface area (Å²) in [5, 5.41) is 3.76. The second kappa shape index (κ2) is 7.09. The summed E-state index contributed by atoms with van der Waals surface area (Å²) in [6, 6.07) is 12.9. The maximum Gasteiger partial charge on any atom is 0.235 e. The molecule has 4 rings (SSSR count). The van der Waals surface area contributed by atoms with Crippen LogP contribution in [0.25, 0.3) is 17.4 Å². The van der Waals surface area contributed by atoms with Crippen molar-refractivity contribution in [3.63, 3.8) is 0 Å². The summed E-state index contributed by atoms with van der Waals surface area (Å²) < 4.78 is 2.08. The monoisotopic (exact) mass is 332 g/mol. The molecule has 1 aromatic carbocycles. The molecular weight excluding hydrogens is 308 g/mol. The Hall–Kier alpha value is -2.62. The smallest absolute Gasteiger partial charge is 0.235 e. The van der Waals surface area contributed by atoms with Gasteiger partial charge in [0.15, 0.2) is 0 Å². The highest BCUT2D eigenvalue weighted by atomic mass is 15.2. The number of allylic oxidation sites excluding steroid dienone is 1. The summed E-state index contributed by atoms with van der Waals surface area (Å²) in [5.74, 6) is 1.82. The van der Waals surface area contributed by atoms with E-state index < -0.39 is 0 Å². The van der Waals surface area contributed by atoms with Crippen molar-refractivity contribution in [1.82, 2.24) is 14.4 Å². The molecule has 1 saturated carbocycles. The van der Waals surface area contributed by atoms with Crippen molar-refractivity contribution < 1.29 is 0 Å². The molecule has 0 saturated heterocycles. The fourth-order valence-electron chi connectivity index (χ4n) is 3.61. The average molecular weight is 332 g/mol. The van der Waals surface area contributed by atoms with E-state index >= 15 is 0 Å². The Morgan fingerprint density at radius 3 is 2.72 bits per heavy atom. The Balaban J connectivity index is 1.74. The number of imidazole rings is 1. The fraction of sp³-hybridized carbons (Fsp3) is 0.333. The first-order chi connectivity index (χ1) is 12.3. The van der Waals surface area contributed by atoms with Gasteiger partial charge in [-0.1, -0.05) is 49.6 Å². The molecule has 3 aromatic rings. The van der Waals surface area contributed by atoms with Crippen LogP contribution in [0.2, 0.25) is 0 Å². The number of hydrogen-bond acceptors (Lipinski definition) is 3. The molecule has 0 atom stereocenters. The van der Waals surface area contributed by atoms with Crippen molar-refractivity contribution >= 4 is 23.2 Å². The van der Waals surface area contributed by atoms with Crippen molar-refractivity contribution in [2.45, 2.75) is 45.1 Å². The van der Waals surface area contributed by atoms with Crippen LogP contribution >= 0.6 is 0 Å². The predicted octanol–water partition coefficient (Wildman–Crippen LogP) is 5.03. The van der Waals surface area contributed by atoms with Crippen LogP contribution in [0.1, 0.15) is 50.3 Å². The lowest BCUT2D eigenvalue weighted by atomic mass is 9.95. The SMILES string of the molecule is C/C(=C\c1ccccc1)c1nc2ncccn2c1NC1CCCCC1. The zero-order chi connectivity index (χ0) is 17.1. The quantitative estimate of drug-likeness (QED) is 0.728. The molecule has 0 unspecified atom stereocenters. The van der Waals surface area contributed by atoms with Crippen LogP contribution in [0.3, 0.4) is 0 Å². The minimum Gasteiger partial charge on any atom is -0.367 e. The van der Waals surface area contributed by atoms with Gasteiger partial charge in [0.2, 0.25) is 5.78 Å². The second-order valence-electron chi connectivity index (χ2n) is 6.82. The summed E-state index contributed by atoms with van der Waals surface area (Å²) in [5.41, 5.74) is 3.33. The van der Waals surface area contributed by atoms with Gasteiger partial charge >= 0.3 is 0 Å². The molecule has 128 valence electrons. The molecule has 0 aliphatic heterocycles. The van der Waals surface area contributed by atoms with Crippen LogP contribution in [0.5, 0.6) is 0 Å². The fourth-order valence-corrected chi connectivity index (χ4v) is 3.61. The number of nitrogens with zero attached hydrogens (tertiary/aromatic N) is 3. The van der Waals surface area contributed by atoms with Crippen molar-refractivity contribution in [3.8, 4) is 0 Å². The molecule has 4 heteroatoms. The Morgan fingerprint density at radius 1 is 1.12 bits per heavy atom. The number of anilines is 1. The number of aromatic nitrogens is 3. The number of nitrogens with one attached hydrogen (secondary N) is 1. The van der Waals surface area contributed by atoms with Gasteiger partial charge in [-0.05, 0) is 43.0 Å². The molecule has 0 amide bonds. The van der Waals surface area contributed by atoms with Crippen molar-refractivity contribution in [3.05, 3.63) is 60.0 Å². The van der Waals surface area contributed by atoms with Gasteiger partial charge in [0.1, 0.15) is 11.5 Å². The summed E-state index contributed by atoms with van der Waals surface area (Å²) in [6.45, 7) is 2.13. The zero-order valence-electron chi connectivity index (χ0n) is 14.7. The van der Waals surface area contributed by atoms with E-state index in [1.54, 1.807) is 6.20 Å². The molecule has 1 aliphatic carbocycles. The molecule has 1 aliphatic rings. The van der Waals surface area contributed by atoms with Gasteiger partial charge in [-0.15, -0.1) is 0 Å². The van der Waals surface area contributed by atoms with E-state index in [1.165, 1.54) is 37.7 Å². The highest BCUT2D eigenvalue weighted by molar-refractivity contribution is 5.84. The van der Waals surface area contributed by atoms with Gasteiger partial charge in [-0.3, -0.25) is 4.40 Å². The predicted molar refractivity (Wildman–Crippen MR) is 103 cm³/mol. The maximum atomic E-state index is 4.80. The van der Waals surface area contributed by atoms with Crippen LogP contribution in [0.15, 0.2) is 48.8 Å². The molecule has 1 N–H and O–H groups in total. The first-order valence-electron chi connectivity index (χ1n) is 9.14. The van der Waals surface area contributed by atoms with Gasteiger partial charge in [-0.2, -0.15) is 0 Å². The molecular formula is C21H24N4. The van der Waals surface area contributed by atoms with Gasteiger partial charge in [-0.25, -0.2) is 9.97 Å². The van der Waals surface area contributed by atoms with Crippen molar-refractivity contribution in [2.24, 2.45) is 0 Å². The Labute approximate surface area is 148 Å². The molecule has 0 spiro atoms. The van der Waals surface area contributed by atoms with Crippen molar-refractivity contribution in [1.29, 1.82) is 0 Å². The van der Waals surface area contributed by atoms with Gasteiger partial charge in [0, 0.05) is 18.4 Å². The van der Waals surface area contributed by atoms with Crippen LogP contribution in [0, 0.1) is 0 Å². The van der Waals surface area contributed by atoms with E-state index in [-0.39, 0.29) is 0 Å². The Kier molecular flexibility index (Phi) is 4.51. The van der Waals surface area contributed by atoms with Crippen molar-refractivity contribution in [2.75, 3.05) is 5.32 Å². The van der Waals surface area contributed by atoms with E-state index in [0.29, 0.717) is 6.04 Å². The van der Waals surface area contributed by atoms with Crippen LogP contribution in [-0.4, -0.2) is 20.4 Å². The Morgan fingerprint density at radius 2 is 1.92 bits per heavy atom. The molecule has 2 aromatic heterocycles. The van der Waals surface area contributed by atoms with Crippen LogP contribution in [0.4, 0.5) is 5.82 Å². The van der Waals surface area contributed by atoms with Gasteiger partial charge in [0.25, 0.3) is 0 Å². The largest absolute Gasteiger partial charge is 0.367 e. The molecule has 4 nitrogen and oxygen atoms in total. The number of benzene rings is 1. The summed E-state index contributed by atoms with van der Waals surface area (Å²) >= 11 is 0. The number of hydrogen-bond donors (Lipinski definition) is 1. The van der Waals surface area contributed by atoms with Crippen LogP contribution in [-0.2, 0) is 0 Å². The minimum atomic E-state index is 0.525. The van der Waals surface area contributed by atoms with E-state index in [4.69, 9.17) is 4.98 Å². The summed E-state index contributed by atoms with van der Waals surface area (Å²) in [4.78, 5) is 9.22. The normalized spacial score (nSPS) is 16.3. The summed E-state index contributed by atoms with van der Waals surface area (Å²) in [7, 11) is 0. The lowest BCUT2D eigenvalue weighted by molar-refractivity contribution is 0.461. The van der Waals surface area contributed by atoms with E-state index in [2.05, 4.69) is 52.0 Å².